The van der Waals surface area contributed by atoms with Crippen LogP contribution in [0.15, 0.2) is 115 Å². The fraction of sp³-hybridized carbons (Fsp3) is 0.0882. The van der Waals surface area contributed by atoms with Crippen LogP contribution in [0.4, 0.5) is 5.69 Å². The van der Waals surface area contributed by atoms with E-state index in [-0.39, 0.29) is 11.8 Å². The molecule has 6 aromatic carbocycles. The third-order valence-electron chi connectivity index (χ3n) is 7.77. The molecule has 1 atom stereocenters. The number of nitrogens with zero attached hydrogens (tertiary/aromatic N) is 1. The number of halogens is 1. The summed E-state index contributed by atoms with van der Waals surface area (Å²) >= 11 is 6.56. The molecule has 0 saturated carbocycles. The highest BCUT2D eigenvalue weighted by Crippen LogP contribution is 2.43. The Morgan fingerprint density at radius 2 is 1.27 bits per heavy atom. The van der Waals surface area contributed by atoms with E-state index in [1.807, 2.05) is 41.3 Å². The molecular formula is C34H24ClNO. The lowest BCUT2D eigenvalue weighted by Crippen LogP contribution is -2.36. The highest BCUT2D eigenvalue weighted by atomic mass is 35.5. The summed E-state index contributed by atoms with van der Waals surface area (Å²) in [4.78, 5) is 15.6. The zero-order valence-electron chi connectivity index (χ0n) is 20.2. The summed E-state index contributed by atoms with van der Waals surface area (Å²) in [6.07, 6.45) is 0.403. The molecule has 1 unspecified atom stereocenters. The second-order valence-corrected chi connectivity index (χ2v) is 10.2. The molecule has 0 aromatic heterocycles. The van der Waals surface area contributed by atoms with Crippen molar-refractivity contribution in [2.45, 2.75) is 18.9 Å². The first kappa shape index (κ1) is 22.1. The molecule has 1 heterocycles. The number of hydrogen-bond acceptors (Lipinski definition) is 1. The Balaban J connectivity index is 1.34. The molecule has 2 nitrogen and oxygen atoms in total. The van der Waals surface area contributed by atoms with E-state index in [0.717, 1.165) is 22.4 Å². The van der Waals surface area contributed by atoms with Gasteiger partial charge in [-0.15, -0.1) is 0 Å². The molecule has 37 heavy (non-hydrogen) atoms. The minimum Gasteiger partial charge on any atom is -0.308 e. The number of carbonyl (C=O) groups excluding carboxylic acids is 1. The van der Waals surface area contributed by atoms with Gasteiger partial charge < -0.3 is 4.90 Å². The Morgan fingerprint density at radius 3 is 2.16 bits per heavy atom. The standard InChI is InChI=1S/C34H24ClNO/c35-32-14-5-3-11-29(32)31-20-34(37)36(33-15-6-4-12-30(31)33)21-23-9-7-13-26-25(23)18-19-27-24-10-2-1-8-22(24)16-17-28(26)27/h1-19,31H,20-21H2. The Labute approximate surface area is 220 Å². The number of hydrogen-bond donors (Lipinski definition) is 0. The summed E-state index contributed by atoms with van der Waals surface area (Å²) < 4.78 is 0. The SMILES string of the molecule is O=C1CC(c2ccccc2Cl)c2ccccc2N1Cc1cccc2c1ccc1c3ccccc3ccc21. The van der Waals surface area contributed by atoms with Crippen LogP contribution in [0.2, 0.25) is 5.02 Å². The smallest absolute Gasteiger partial charge is 0.228 e. The summed E-state index contributed by atoms with van der Waals surface area (Å²) in [7, 11) is 0. The monoisotopic (exact) mass is 497 g/mol. The van der Waals surface area contributed by atoms with Gasteiger partial charge in [0.15, 0.2) is 0 Å². The van der Waals surface area contributed by atoms with Crippen molar-refractivity contribution in [2.75, 3.05) is 4.90 Å². The number of anilines is 1. The number of fused-ring (bicyclic) bond motifs is 6. The van der Waals surface area contributed by atoms with E-state index in [0.29, 0.717) is 18.0 Å². The maximum atomic E-state index is 13.6. The Bertz CT molecular complexity index is 1840. The summed E-state index contributed by atoms with van der Waals surface area (Å²) in [6.45, 7) is 0.529. The van der Waals surface area contributed by atoms with Gasteiger partial charge in [-0.1, -0.05) is 115 Å². The predicted molar refractivity (Wildman–Crippen MR) is 155 cm³/mol. The molecule has 1 amide bonds. The molecule has 178 valence electrons. The molecular weight excluding hydrogens is 474 g/mol. The van der Waals surface area contributed by atoms with E-state index < -0.39 is 0 Å². The van der Waals surface area contributed by atoms with Crippen LogP contribution >= 0.6 is 11.6 Å². The third-order valence-corrected chi connectivity index (χ3v) is 8.11. The number of rotatable bonds is 3. The summed E-state index contributed by atoms with van der Waals surface area (Å²) in [5.41, 5.74) is 4.26. The van der Waals surface area contributed by atoms with E-state index >= 15 is 0 Å². The van der Waals surface area contributed by atoms with Crippen LogP contribution in [-0.4, -0.2) is 5.91 Å². The van der Waals surface area contributed by atoms with Crippen LogP contribution in [-0.2, 0) is 11.3 Å². The van der Waals surface area contributed by atoms with E-state index in [9.17, 15) is 4.79 Å². The highest BCUT2D eigenvalue weighted by Gasteiger charge is 2.33. The van der Waals surface area contributed by atoms with E-state index in [4.69, 9.17) is 11.6 Å². The molecule has 1 aliphatic heterocycles. The molecule has 7 rings (SSSR count). The van der Waals surface area contributed by atoms with Crippen LogP contribution < -0.4 is 4.90 Å². The first-order valence-corrected chi connectivity index (χ1v) is 13.0. The van der Waals surface area contributed by atoms with Gasteiger partial charge in [-0.3, -0.25) is 4.79 Å². The average Bonchev–Trinajstić information content (AvgIpc) is 2.94. The fourth-order valence-corrected chi connectivity index (χ4v) is 6.26. The van der Waals surface area contributed by atoms with Gasteiger partial charge in [0.25, 0.3) is 0 Å². The normalized spacial score (nSPS) is 15.4. The summed E-state index contributed by atoms with van der Waals surface area (Å²) in [6, 6.07) is 39.9. The molecule has 0 radical (unpaired) electrons. The molecule has 0 fully saturated rings. The third kappa shape index (κ3) is 3.60. The Kier molecular flexibility index (Phi) is 5.23. The van der Waals surface area contributed by atoms with Crippen molar-refractivity contribution in [1.82, 2.24) is 0 Å². The fourth-order valence-electron chi connectivity index (χ4n) is 6.00. The van der Waals surface area contributed by atoms with Crippen molar-refractivity contribution in [3.05, 3.63) is 137 Å². The lowest BCUT2D eigenvalue weighted by Gasteiger charge is -2.35. The quantitative estimate of drug-likeness (QED) is 0.223. The minimum absolute atomic E-state index is 0.0432. The van der Waals surface area contributed by atoms with E-state index in [1.165, 1.54) is 32.3 Å². The van der Waals surface area contributed by atoms with E-state index in [2.05, 4.69) is 78.9 Å². The lowest BCUT2D eigenvalue weighted by atomic mass is 9.83. The molecule has 0 aliphatic carbocycles. The number of amides is 1. The van der Waals surface area contributed by atoms with Gasteiger partial charge in [0.2, 0.25) is 5.91 Å². The van der Waals surface area contributed by atoms with Crippen LogP contribution in [0, 0.1) is 0 Å². The number of benzene rings is 6. The molecule has 0 spiro atoms. The number of carbonyl (C=O) groups is 1. The molecule has 1 aliphatic rings. The maximum Gasteiger partial charge on any atom is 0.228 e. The first-order valence-electron chi connectivity index (χ1n) is 12.6. The molecule has 0 saturated heterocycles. The molecule has 0 N–H and O–H groups in total. The molecule has 6 aromatic rings. The van der Waals surface area contributed by atoms with Crippen LogP contribution in [0.5, 0.6) is 0 Å². The van der Waals surface area contributed by atoms with Gasteiger partial charge in [0.1, 0.15) is 0 Å². The van der Waals surface area contributed by atoms with Crippen molar-refractivity contribution in [1.29, 1.82) is 0 Å². The second kappa shape index (κ2) is 8.76. The topological polar surface area (TPSA) is 20.3 Å². The largest absolute Gasteiger partial charge is 0.308 e. The van der Waals surface area contributed by atoms with Crippen LogP contribution in [0.1, 0.15) is 29.0 Å². The van der Waals surface area contributed by atoms with E-state index in [1.54, 1.807) is 0 Å². The number of para-hydroxylation sites is 1. The average molecular weight is 498 g/mol. The zero-order chi connectivity index (χ0) is 24.9. The summed E-state index contributed by atoms with van der Waals surface area (Å²) in [5, 5.41) is 8.10. The minimum atomic E-state index is -0.0432. The second-order valence-electron chi connectivity index (χ2n) is 9.78. The molecule has 3 heteroatoms. The van der Waals surface area contributed by atoms with Crippen molar-refractivity contribution in [2.24, 2.45) is 0 Å². The van der Waals surface area contributed by atoms with Crippen molar-refractivity contribution < 1.29 is 4.79 Å². The van der Waals surface area contributed by atoms with Gasteiger partial charge in [0, 0.05) is 23.0 Å². The van der Waals surface area contributed by atoms with Crippen molar-refractivity contribution in [3.63, 3.8) is 0 Å². The van der Waals surface area contributed by atoms with Gasteiger partial charge in [-0.05, 0) is 61.1 Å². The van der Waals surface area contributed by atoms with Crippen LogP contribution in [0.25, 0.3) is 32.3 Å². The van der Waals surface area contributed by atoms with Crippen molar-refractivity contribution >= 4 is 55.5 Å². The Morgan fingerprint density at radius 1 is 0.622 bits per heavy atom. The zero-order valence-corrected chi connectivity index (χ0v) is 21.0. The Hall–Kier alpha value is -4.14. The van der Waals surface area contributed by atoms with Crippen molar-refractivity contribution in [3.8, 4) is 0 Å². The predicted octanol–water partition coefficient (Wildman–Crippen LogP) is 8.87. The highest BCUT2D eigenvalue weighted by molar-refractivity contribution is 6.31. The molecule has 0 bridgehead atoms. The first-order chi connectivity index (χ1) is 18.2. The van der Waals surface area contributed by atoms with Gasteiger partial charge >= 0.3 is 0 Å². The lowest BCUT2D eigenvalue weighted by molar-refractivity contribution is -0.119. The summed E-state index contributed by atoms with van der Waals surface area (Å²) in [5.74, 6) is 0.0748. The van der Waals surface area contributed by atoms with Crippen LogP contribution in [0.3, 0.4) is 0 Å². The van der Waals surface area contributed by atoms with Gasteiger partial charge in [-0.2, -0.15) is 0 Å². The maximum absolute atomic E-state index is 13.6. The van der Waals surface area contributed by atoms with Gasteiger partial charge in [-0.25, -0.2) is 0 Å². The van der Waals surface area contributed by atoms with Gasteiger partial charge in [0.05, 0.1) is 6.54 Å².